The molecule has 134 valence electrons. The monoisotopic (exact) mass is 357 g/mol. The predicted octanol–water partition coefficient (Wildman–Crippen LogP) is 1.50. The molecule has 9 nitrogen and oxygen atoms in total. The first-order chi connectivity index (χ1) is 12.5. The van der Waals surface area contributed by atoms with Gasteiger partial charge < -0.3 is 14.7 Å². The maximum Gasteiger partial charge on any atom is 0.298 e. The zero-order chi connectivity index (χ0) is 18.7. The van der Waals surface area contributed by atoms with Crippen LogP contribution >= 0.6 is 0 Å². The molecule has 0 aliphatic heterocycles. The Labute approximate surface area is 147 Å². The van der Waals surface area contributed by atoms with Gasteiger partial charge in [-0.2, -0.15) is 4.98 Å². The molecule has 3 rings (SSSR count). The van der Waals surface area contributed by atoms with E-state index in [1.807, 2.05) is 7.05 Å². The minimum Gasteiger partial charge on any atom is -0.450 e. The molecule has 0 radical (unpaired) electrons. The van der Waals surface area contributed by atoms with Gasteiger partial charge in [0.15, 0.2) is 12.4 Å². The Balaban J connectivity index is 2.06. The van der Waals surface area contributed by atoms with E-state index in [0.29, 0.717) is 22.3 Å². The summed E-state index contributed by atoms with van der Waals surface area (Å²) in [6.07, 6.45) is 4.51. The van der Waals surface area contributed by atoms with E-state index in [4.69, 9.17) is 10.1 Å². The van der Waals surface area contributed by atoms with Gasteiger partial charge in [-0.1, -0.05) is 0 Å². The fourth-order valence-electron chi connectivity index (χ4n) is 2.26. The number of H-pyrrole nitrogens is 1. The third-order valence-corrected chi connectivity index (χ3v) is 3.40. The molecular weight excluding hydrogens is 341 g/mol. The smallest absolute Gasteiger partial charge is 0.298 e. The van der Waals surface area contributed by atoms with E-state index in [9.17, 15) is 9.18 Å². The van der Waals surface area contributed by atoms with Gasteiger partial charge >= 0.3 is 0 Å². The van der Waals surface area contributed by atoms with Crippen LogP contribution in [-0.4, -0.2) is 49.3 Å². The van der Waals surface area contributed by atoms with Crippen LogP contribution in [0.2, 0.25) is 0 Å². The highest BCUT2D eigenvalue weighted by Gasteiger charge is 2.15. The summed E-state index contributed by atoms with van der Waals surface area (Å²) in [5.41, 5.74) is 0.865. The molecule has 0 fully saturated rings. The van der Waals surface area contributed by atoms with Gasteiger partial charge in [0, 0.05) is 31.9 Å². The lowest BCUT2D eigenvalue weighted by Crippen LogP contribution is -2.23. The lowest BCUT2D eigenvalue weighted by atomic mass is 10.2. The Bertz CT molecular complexity index is 1020. The molecule has 0 aliphatic rings. The van der Waals surface area contributed by atoms with Gasteiger partial charge in [-0.3, -0.25) is 19.8 Å². The van der Waals surface area contributed by atoms with Crippen molar-refractivity contribution >= 4 is 23.3 Å². The first kappa shape index (κ1) is 17.4. The van der Waals surface area contributed by atoms with E-state index >= 15 is 0 Å². The van der Waals surface area contributed by atoms with Crippen molar-refractivity contribution in [1.29, 1.82) is 5.41 Å². The average Bonchev–Trinajstić information content (AvgIpc) is 3.04. The average molecular weight is 357 g/mol. The standard InChI is InChI=1S/C16H16FN7O2/c1-9(17)20-6-10(5-18)26-16-22-13-11(15(25)23-16)3-4-19-14(13)12-7-24(2)8-21-12/h3-10,18H,1-2H3,(H,22,23,25). The van der Waals surface area contributed by atoms with Crippen molar-refractivity contribution in [3.05, 3.63) is 35.1 Å². The summed E-state index contributed by atoms with van der Waals surface area (Å²) >= 11 is 0. The fourth-order valence-corrected chi connectivity index (χ4v) is 2.26. The van der Waals surface area contributed by atoms with Crippen LogP contribution in [0.3, 0.4) is 0 Å². The number of hydrogen-bond acceptors (Lipinski definition) is 7. The Kier molecular flexibility index (Phi) is 4.83. The minimum atomic E-state index is -1.43. The van der Waals surface area contributed by atoms with Crippen molar-refractivity contribution in [2.75, 3.05) is 0 Å². The number of rotatable bonds is 6. The van der Waals surface area contributed by atoms with Crippen molar-refractivity contribution in [2.24, 2.45) is 12.0 Å². The third-order valence-electron chi connectivity index (χ3n) is 3.40. The summed E-state index contributed by atoms with van der Waals surface area (Å²) in [5.74, 6) is 0. The van der Waals surface area contributed by atoms with E-state index in [2.05, 4.69) is 24.9 Å². The highest BCUT2D eigenvalue weighted by molar-refractivity contribution is 5.90. The normalized spacial score (nSPS) is 13.8. The Morgan fingerprint density at radius 2 is 2.27 bits per heavy atom. The third kappa shape index (κ3) is 3.63. The van der Waals surface area contributed by atoms with E-state index in [0.717, 1.165) is 12.4 Å². The fraction of sp³-hybridized carbons (Fsp3) is 0.250. The number of nitrogens with zero attached hydrogens (tertiary/aromatic N) is 5. The highest BCUT2D eigenvalue weighted by Crippen LogP contribution is 2.22. The van der Waals surface area contributed by atoms with Gasteiger partial charge in [-0.15, -0.1) is 0 Å². The number of nitrogens with one attached hydrogen (secondary N) is 2. The van der Waals surface area contributed by atoms with Crippen LogP contribution in [0.15, 0.2) is 34.6 Å². The summed E-state index contributed by atoms with van der Waals surface area (Å²) in [6.45, 7) is 1.25. The van der Waals surface area contributed by atoms with Gasteiger partial charge in [0.25, 0.3) is 11.6 Å². The van der Waals surface area contributed by atoms with Gasteiger partial charge in [-0.25, -0.2) is 9.37 Å². The van der Waals surface area contributed by atoms with Crippen LogP contribution in [0.25, 0.3) is 22.3 Å². The number of imidazole rings is 1. The SMILES string of the molecule is CC(F)N=CC(C=N)Oc1nc2c(-c3cn(C)cn3)nccc2c(=O)[nH]1. The molecule has 3 heterocycles. The van der Waals surface area contributed by atoms with Gasteiger partial charge in [0.05, 0.1) is 11.7 Å². The van der Waals surface area contributed by atoms with E-state index in [1.54, 1.807) is 17.1 Å². The molecule has 2 atom stereocenters. The first-order valence-electron chi connectivity index (χ1n) is 7.70. The number of halogens is 1. The number of ether oxygens (including phenoxy) is 1. The molecule has 0 aromatic carbocycles. The van der Waals surface area contributed by atoms with Gasteiger partial charge in [-0.05, 0) is 13.0 Å². The zero-order valence-corrected chi connectivity index (χ0v) is 14.0. The van der Waals surface area contributed by atoms with Gasteiger partial charge in [0.2, 0.25) is 0 Å². The summed E-state index contributed by atoms with van der Waals surface area (Å²) in [6, 6.07) is 1.41. The number of fused-ring (bicyclic) bond motifs is 1. The van der Waals surface area contributed by atoms with E-state index < -0.39 is 18.0 Å². The molecule has 2 N–H and O–H groups in total. The molecule has 0 aliphatic carbocycles. The van der Waals surface area contributed by atoms with Crippen molar-refractivity contribution in [3.8, 4) is 17.4 Å². The minimum absolute atomic E-state index is 0.126. The lowest BCUT2D eigenvalue weighted by molar-refractivity contribution is 0.305. The summed E-state index contributed by atoms with van der Waals surface area (Å²) in [5, 5.41) is 7.67. The molecular formula is C16H16FN7O2. The number of aromatic amines is 1. The van der Waals surface area contributed by atoms with Crippen molar-refractivity contribution in [2.45, 2.75) is 19.3 Å². The molecule has 2 unspecified atom stereocenters. The molecule has 0 amide bonds. The van der Waals surface area contributed by atoms with Crippen LogP contribution in [0.1, 0.15) is 6.92 Å². The van der Waals surface area contributed by atoms with E-state index in [-0.39, 0.29) is 6.01 Å². The predicted molar refractivity (Wildman–Crippen MR) is 94.6 cm³/mol. The van der Waals surface area contributed by atoms with Crippen LogP contribution in [0.5, 0.6) is 6.01 Å². The Morgan fingerprint density at radius 3 is 2.92 bits per heavy atom. The molecule has 0 saturated heterocycles. The topological polar surface area (TPSA) is 122 Å². The van der Waals surface area contributed by atoms with Crippen molar-refractivity contribution < 1.29 is 9.13 Å². The molecule has 10 heteroatoms. The number of alkyl halides is 1. The van der Waals surface area contributed by atoms with Crippen LogP contribution < -0.4 is 10.3 Å². The first-order valence-corrected chi connectivity index (χ1v) is 7.70. The molecule has 0 saturated carbocycles. The zero-order valence-electron chi connectivity index (χ0n) is 14.0. The summed E-state index contributed by atoms with van der Waals surface area (Å²) < 4.78 is 20.0. The molecule has 0 spiro atoms. The Hall–Kier alpha value is -3.43. The second-order valence-corrected chi connectivity index (χ2v) is 5.47. The molecule has 26 heavy (non-hydrogen) atoms. The van der Waals surface area contributed by atoms with Crippen LogP contribution in [-0.2, 0) is 7.05 Å². The van der Waals surface area contributed by atoms with Crippen LogP contribution in [0.4, 0.5) is 4.39 Å². The number of aliphatic imine (C=N–C) groups is 1. The quantitative estimate of drug-likeness (QED) is 0.511. The van der Waals surface area contributed by atoms with Crippen molar-refractivity contribution in [1.82, 2.24) is 24.5 Å². The molecule has 3 aromatic heterocycles. The second-order valence-electron chi connectivity index (χ2n) is 5.47. The number of aryl methyl sites for hydroxylation is 1. The summed E-state index contributed by atoms with van der Waals surface area (Å²) in [4.78, 5) is 31.1. The molecule has 0 bridgehead atoms. The molecule has 3 aromatic rings. The highest BCUT2D eigenvalue weighted by atomic mass is 19.1. The van der Waals surface area contributed by atoms with Gasteiger partial charge in [0.1, 0.15) is 16.9 Å². The second kappa shape index (κ2) is 7.21. The van der Waals surface area contributed by atoms with E-state index in [1.165, 1.54) is 19.2 Å². The Morgan fingerprint density at radius 1 is 1.46 bits per heavy atom. The number of pyridine rings is 1. The maximum absolute atomic E-state index is 12.8. The van der Waals surface area contributed by atoms with Crippen molar-refractivity contribution in [3.63, 3.8) is 0 Å². The largest absolute Gasteiger partial charge is 0.450 e. The number of hydrogen-bond donors (Lipinski definition) is 2. The maximum atomic E-state index is 12.8. The lowest BCUT2D eigenvalue weighted by Gasteiger charge is -2.10. The van der Waals surface area contributed by atoms with Crippen LogP contribution in [0, 0.1) is 5.41 Å². The number of aromatic nitrogens is 5. The summed E-state index contributed by atoms with van der Waals surface area (Å²) in [7, 11) is 1.82.